The number of carbonyl (C=O) groups is 2. The van der Waals surface area contributed by atoms with Crippen LogP contribution in [0.15, 0.2) is 16.7 Å². The van der Waals surface area contributed by atoms with E-state index in [9.17, 15) is 14.7 Å². The Morgan fingerprint density at radius 1 is 1.29 bits per heavy atom. The van der Waals surface area contributed by atoms with Crippen molar-refractivity contribution in [2.24, 2.45) is 5.92 Å². The molecular weight excluding hydrogens is 310 g/mol. The topological polar surface area (TPSA) is 88.6 Å². The number of amides is 1. The molecule has 1 N–H and O–H groups in total. The van der Waals surface area contributed by atoms with Crippen molar-refractivity contribution in [3.05, 3.63) is 34.8 Å². The highest BCUT2D eigenvalue weighted by Gasteiger charge is 2.30. The van der Waals surface area contributed by atoms with Crippen LogP contribution in [0.5, 0.6) is 0 Å². The summed E-state index contributed by atoms with van der Waals surface area (Å²) in [4.78, 5) is 25.7. The second-order valence-corrected chi connectivity index (χ2v) is 6.34. The van der Waals surface area contributed by atoms with Crippen LogP contribution in [-0.2, 0) is 4.79 Å². The lowest BCUT2D eigenvalue weighted by atomic mass is 9.97. The highest BCUT2D eigenvalue weighted by atomic mass is 16.5. The van der Waals surface area contributed by atoms with Gasteiger partial charge in [0.2, 0.25) is 0 Å². The first kappa shape index (κ1) is 16.3. The van der Waals surface area contributed by atoms with Gasteiger partial charge in [0.15, 0.2) is 5.82 Å². The lowest BCUT2D eigenvalue weighted by Gasteiger charge is -2.30. The fraction of sp³-hybridized carbons (Fsp3) is 0.471. The summed E-state index contributed by atoms with van der Waals surface area (Å²) in [5.74, 6) is -0.102. The van der Waals surface area contributed by atoms with Crippen LogP contribution in [-0.4, -0.2) is 44.7 Å². The predicted octanol–water partition coefficient (Wildman–Crippen LogP) is 2.33. The van der Waals surface area contributed by atoms with E-state index in [2.05, 4.69) is 5.16 Å². The maximum absolute atomic E-state index is 12.9. The van der Waals surface area contributed by atoms with E-state index in [-0.39, 0.29) is 12.5 Å². The molecule has 3 heterocycles. The molecular formula is C17H21N3O4. The first-order valence-electron chi connectivity index (χ1n) is 8.03. The average molecular weight is 331 g/mol. The molecule has 128 valence electrons. The maximum Gasteiger partial charge on any atom is 0.308 e. The van der Waals surface area contributed by atoms with Crippen molar-refractivity contribution in [3.63, 3.8) is 0 Å². The Balaban J connectivity index is 1.90. The summed E-state index contributed by atoms with van der Waals surface area (Å²) in [5.41, 5.74) is 2.25. The van der Waals surface area contributed by atoms with Gasteiger partial charge in [0.25, 0.3) is 5.91 Å². The van der Waals surface area contributed by atoms with Crippen LogP contribution in [0.4, 0.5) is 0 Å². The van der Waals surface area contributed by atoms with Crippen LogP contribution in [0.2, 0.25) is 0 Å². The van der Waals surface area contributed by atoms with E-state index in [0.29, 0.717) is 36.5 Å². The molecule has 0 saturated carbocycles. The molecule has 0 bridgehead atoms. The largest absolute Gasteiger partial charge is 0.481 e. The SMILES string of the molecule is Cc1cc(-n2c(C)cc(C(=O)N3CCCC(C(=O)O)C3)c2C)no1. The Bertz CT molecular complexity index is 790. The molecule has 2 aromatic rings. The van der Waals surface area contributed by atoms with Crippen LogP contribution in [0.1, 0.15) is 40.3 Å². The molecule has 1 saturated heterocycles. The molecule has 2 aromatic heterocycles. The van der Waals surface area contributed by atoms with Gasteiger partial charge in [0, 0.05) is 30.5 Å². The normalized spacial score (nSPS) is 18.0. The lowest BCUT2D eigenvalue weighted by Crippen LogP contribution is -2.42. The van der Waals surface area contributed by atoms with Gasteiger partial charge in [-0.2, -0.15) is 0 Å². The number of likely N-dealkylation sites (tertiary alicyclic amines) is 1. The molecule has 3 rings (SSSR count). The zero-order chi connectivity index (χ0) is 17.4. The second-order valence-electron chi connectivity index (χ2n) is 6.34. The molecule has 7 nitrogen and oxygen atoms in total. The standard InChI is InChI=1S/C17H21N3O4/c1-10-7-14(12(3)20(10)15-8-11(2)24-18-15)16(21)19-6-4-5-13(9-19)17(22)23/h7-8,13H,4-6,9H2,1-3H3,(H,22,23). The molecule has 0 aromatic carbocycles. The number of hydrogen-bond donors (Lipinski definition) is 1. The molecule has 1 aliphatic rings. The van der Waals surface area contributed by atoms with E-state index in [4.69, 9.17) is 4.52 Å². The number of aromatic nitrogens is 2. The van der Waals surface area contributed by atoms with Gasteiger partial charge in [-0.05, 0) is 39.7 Å². The summed E-state index contributed by atoms with van der Waals surface area (Å²) in [5, 5.41) is 13.2. The Morgan fingerprint density at radius 2 is 2.04 bits per heavy atom. The molecule has 1 atom stereocenters. The summed E-state index contributed by atoms with van der Waals surface area (Å²) in [6, 6.07) is 3.64. The van der Waals surface area contributed by atoms with Crippen LogP contribution in [0, 0.1) is 26.7 Å². The Kier molecular flexibility index (Phi) is 4.17. The highest BCUT2D eigenvalue weighted by molar-refractivity contribution is 5.96. The number of piperidine rings is 1. The monoisotopic (exact) mass is 331 g/mol. The minimum atomic E-state index is -0.837. The zero-order valence-electron chi connectivity index (χ0n) is 14.1. The molecule has 1 amide bonds. The number of hydrogen-bond acceptors (Lipinski definition) is 4. The Morgan fingerprint density at radius 3 is 2.67 bits per heavy atom. The highest BCUT2D eigenvalue weighted by Crippen LogP contribution is 2.24. The van der Waals surface area contributed by atoms with Gasteiger partial charge in [0.1, 0.15) is 5.76 Å². The van der Waals surface area contributed by atoms with Crippen molar-refractivity contribution in [2.75, 3.05) is 13.1 Å². The van der Waals surface area contributed by atoms with Gasteiger partial charge < -0.3 is 14.5 Å². The molecule has 1 unspecified atom stereocenters. The number of carbonyl (C=O) groups excluding carboxylic acids is 1. The number of carboxylic acids is 1. The van der Waals surface area contributed by atoms with Crippen molar-refractivity contribution < 1.29 is 19.2 Å². The first-order valence-corrected chi connectivity index (χ1v) is 8.03. The third-order valence-corrected chi connectivity index (χ3v) is 4.56. The van der Waals surface area contributed by atoms with Gasteiger partial charge >= 0.3 is 5.97 Å². The summed E-state index contributed by atoms with van der Waals surface area (Å²) >= 11 is 0. The van der Waals surface area contributed by atoms with Crippen molar-refractivity contribution in [3.8, 4) is 5.82 Å². The minimum Gasteiger partial charge on any atom is -0.481 e. The smallest absolute Gasteiger partial charge is 0.308 e. The van der Waals surface area contributed by atoms with Gasteiger partial charge in [-0.15, -0.1) is 0 Å². The summed E-state index contributed by atoms with van der Waals surface area (Å²) in [7, 11) is 0. The average Bonchev–Trinajstić information content (AvgIpc) is 3.09. The van der Waals surface area contributed by atoms with Gasteiger partial charge in [0.05, 0.1) is 11.5 Å². The summed E-state index contributed by atoms with van der Waals surface area (Å²) in [6.07, 6.45) is 1.33. The number of nitrogens with zero attached hydrogens (tertiary/aromatic N) is 3. The third kappa shape index (κ3) is 2.81. The maximum atomic E-state index is 12.9. The van der Waals surface area contributed by atoms with Crippen molar-refractivity contribution in [1.82, 2.24) is 14.6 Å². The summed E-state index contributed by atoms with van der Waals surface area (Å²) < 4.78 is 7.00. The van der Waals surface area contributed by atoms with Crippen LogP contribution in [0.3, 0.4) is 0 Å². The van der Waals surface area contributed by atoms with Crippen molar-refractivity contribution in [1.29, 1.82) is 0 Å². The van der Waals surface area contributed by atoms with E-state index in [0.717, 1.165) is 11.4 Å². The molecule has 1 fully saturated rings. The number of aliphatic carboxylic acids is 1. The second kappa shape index (κ2) is 6.14. The van der Waals surface area contributed by atoms with Gasteiger partial charge in [-0.25, -0.2) is 0 Å². The Hall–Kier alpha value is -2.57. The molecule has 0 radical (unpaired) electrons. The number of carboxylic acid groups (broad SMARTS) is 1. The Labute approximate surface area is 139 Å². The summed E-state index contributed by atoms with van der Waals surface area (Å²) in [6.45, 7) is 6.44. The number of aryl methyl sites for hydroxylation is 2. The molecule has 1 aliphatic heterocycles. The molecule has 7 heteroatoms. The van der Waals surface area contributed by atoms with E-state index >= 15 is 0 Å². The van der Waals surface area contributed by atoms with Crippen LogP contribution in [0.25, 0.3) is 5.82 Å². The fourth-order valence-electron chi connectivity index (χ4n) is 3.32. The predicted molar refractivity (Wildman–Crippen MR) is 86.3 cm³/mol. The number of rotatable bonds is 3. The molecule has 0 spiro atoms. The van der Waals surface area contributed by atoms with Crippen molar-refractivity contribution >= 4 is 11.9 Å². The van der Waals surface area contributed by atoms with Gasteiger partial charge in [-0.3, -0.25) is 14.2 Å². The fourth-order valence-corrected chi connectivity index (χ4v) is 3.32. The van der Waals surface area contributed by atoms with E-state index in [1.807, 2.05) is 37.5 Å². The van der Waals surface area contributed by atoms with Crippen molar-refractivity contribution in [2.45, 2.75) is 33.6 Å². The molecule has 24 heavy (non-hydrogen) atoms. The van der Waals surface area contributed by atoms with E-state index in [1.165, 1.54) is 0 Å². The zero-order valence-corrected chi connectivity index (χ0v) is 14.1. The third-order valence-electron chi connectivity index (χ3n) is 4.56. The van der Waals surface area contributed by atoms with E-state index in [1.54, 1.807) is 4.90 Å². The quantitative estimate of drug-likeness (QED) is 0.932. The lowest BCUT2D eigenvalue weighted by molar-refractivity contribution is -0.143. The molecule has 0 aliphatic carbocycles. The first-order chi connectivity index (χ1) is 11.4. The van der Waals surface area contributed by atoms with Crippen LogP contribution < -0.4 is 0 Å². The van der Waals surface area contributed by atoms with Crippen LogP contribution >= 0.6 is 0 Å². The van der Waals surface area contributed by atoms with E-state index < -0.39 is 11.9 Å². The van der Waals surface area contributed by atoms with Gasteiger partial charge in [-0.1, -0.05) is 5.16 Å². The minimum absolute atomic E-state index is 0.125.